The van der Waals surface area contributed by atoms with Crippen LogP contribution in [0.1, 0.15) is 43.6 Å². The van der Waals surface area contributed by atoms with Crippen molar-refractivity contribution in [3.8, 4) is 0 Å². The minimum atomic E-state index is -1.23. The van der Waals surface area contributed by atoms with Crippen molar-refractivity contribution in [2.75, 3.05) is 13.2 Å². The Bertz CT molecular complexity index is 574. The van der Waals surface area contributed by atoms with Crippen LogP contribution in [0.5, 0.6) is 0 Å². The predicted octanol–water partition coefficient (Wildman–Crippen LogP) is 2.68. The SMILES string of the molecule is O=C(NC1(C(=O)O)CCC(c2ccccc2)CC1)OC1CCOC1. The Kier molecular flexibility index (Phi) is 5.04. The van der Waals surface area contributed by atoms with E-state index in [-0.39, 0.29) is 6.10 Å². The van der Waals surface area contributed by atoms with Crippen molar-refractivity contribution in [1.29, 1.82) is 0 Å². The van der Waals surface area contributed by atoms with Gasteiger partial charge in [0.25, 0.3) is 0 Å². The van der Waals surface area contributed by atoms with Crippen LogP contribution in [0.25, 0.3) is 0 Å². The molecule has 1 aromatic carbocycles. The van der Waals surface area contributed by atoms with E-state index < -0.39 is 17.6 Å². The van der Waals surface area contributed by atoms with Crippen molar-refractivity contribution in [2.45, 2.75) is 49.7 Å². The maximum absolute atomic E-state index is 12.1. The van der Waals surface area contributed by atoms with Crippen molar-refractivity contribution in [3.05, 3.63) is 35.9 Å². The van der Waals surface area contributed by atoms with Crippen LogP contribution in [0, 0.1) is 0 Å². The molecule has 1 heterocycles. The molecule has 2 fully saturated rings. The number of carboxylic acids is 1. The zero-order valence-corrected chi connectivity index (χ0v) is 13.6. The van der Waals surface area contributed by atoms with Crippen molar-refractivity contribution in [3.63, 3.8) is 0 Å². The van der Waals surface area contributed by atoms with Crippen LogP contribution in [-0.2, 0) is 14.3 Å². The molecule has 2 N–H and O–H groups in total. The lowest BCUT2D eigenvalue weighted by Crippen LogP contribution is -2.56. The number of ether oxygens (including phenoxy) is 2. The van der Waals surface area contributed by atoms with E-state index in [9.17, 15) is 14.7 Å². The molecule has 3 rings (SSSR count). The average Bonchev–Trinajstić information content (AvgIpc) is 3.09. The van der Waals surface area contributed by atoms with Crippen LogP contribution in [0.2, 0.25) is 0 Å². The topological polar surface area (TPSA) is 84.9 Å². The number of carbonyl (C=O) groups excluding carboxylic acids is 1. The van der Waals surface area contributed by atoms with E-state index in [1.54, 1.807) is 0 Å². The monoisotopic (exact) mass is 333 g/mol. The molecular weight excluding hydrogens is 310 g/mol. The summed E-state index contributed by atoms with van der Waals surface area (Å²) < 4.78 is 10.4. The highest BCUT2D eigenvalue weighted by molar-refractivity contribution is 5.84. The molecular formula is C18H23NO5. The number of nitrogens with one attached hydrogen (secondary N) is 1. The summed E-state index contributed by atoms with van der Waals surface area (Å²) in [4.78, 5) is 23.9. The maximum Gasteiger partial charge on any atom is 0.408 e. The average molecular weight is 333 g/mol. The first kappa shape index (κ1) is 16.8. The summed E-state index contributed by atoms with van der Waals surface area (Å²) in [6.45, 7) is 0.949. The van der Waals surface area contributed by atoms with Gasteiger partial charge in [0.15, 0.2) is 0 Å². The first-order valence-electron chi connectivity index (χ1n) is 8.44. The van der Waals surface area contributed by atoms with Crippen LogP contribution in [0.4, 0.5) is 4.79 Å². The summed E-state index contributed by atoms with van der Waals surface area (Å²) in [6.07, 6.45) is 1.97. The molecule has 1 unspecified atom stereocenters. The fraction of sp³-hybridized carbons (Fsp3) is 0.556. The smallest absolute Gasteiger partial charge is 0.408 e. The summed E-state index contributed by atoms with van der Waals surface area (Å²) in [5, 5.41) is 12.3. The molecule has 1 saturated carbocycles. The van der Waals surface area contributed by atoms with E-state index in [1.165, 1.54) is 5.56 Å². The highest BCUT2D eigenvalue weighted by atomic mass is 16.6. The molecule has 0 bridgehead atoms. The number of rotatable bonds is 4. The standard InChI is InChI=1S/C18H23NO5/c20-16(21)18(19-17(22)24-15-8-11-23-12-15)9-6-14(7-10-18)13-4-2-1-3-5-13/h1-5,14-15H,6-12H2,(H,19,22)(H,20,21). The highest BCUT2D eigenvalue weighted by Gasteiger charge is 2.44. The minimum absolute atomic E-state index is 0.281. The van der Waals surface area contributed by atoms with Crippen LogP contribution in [-0.4, -0.2) is 42.0 Å². The summed E-state index contributed by atoms with van der Waals surface area (Å²) in [7, 11) is 0. The number of hydrogen-bond donors (Lipinski definition) is 2. The third-order valence-corrected chi connectivity index (χ3v) is 5.02. The Morgan fingerprint density at radius 3 is 2.46 bits per heavy atom. The van der Waals surface area contributed by atoms with Crippen LogP contribution in [0.3, 0.4) is 0 Å². The Morgan fingerprint density at radius 2 is 1.88 bits per heavy atom. The summed E-state index contributed by atoms with van der Waals surface area (Å²) in [6, 6.07) is 10.1. The third kappa shape index (κ3) is 3.70. The van der Waals surface area contributed by atoms with Gasteiger partial charge in [-0.05, 0) is 37.2 Å². The van der Waals surface area contributed by atoms with Crippen molar-refractivity contribution in [2.24, 2.45) is 0 Å². The fourth-order valence-electron chi connectivity index (χ4n) is 3.54. The Balaban J connectivity index is 1.60. The number of carbonyl (C=O) groups is 2. The van der Waals surface area contributed by atoms with Gasteiger partial charge in [0.2, 0.25) is 0 Å². The lowest BCUT2D eigenvalue weighted by atomic mass is 9.74. The third-order valence-electron chi connectivity index (χ3n) is 5.02. The molecule has 1 aromatic rings. The summed E-state index contributed by atoms with van der Waals surface area (Å²) in [5.74, 6) is -0.659. The molecule has 1 saturated heterocycles. The van der Waals surface area contributed by atoms with Gasteiger partial charge in [0.05, 0.1) is 13.2 Å². The number of benzene rings is 1. The van der Waals surface area contributed by atoms with Gasteiger partial charge in [-0.3, -0.25) is 0 Å². The second-order valence-corrected chi connectivity index (χ2v) is 6.59. The van der Waals surface area contributed by atoms with Gasteiger partial charge in [0.1, 0.15) is 11.6 Å². The molecule has 1 aliphatic heterocycles. The van der Waals surface area contributed by atoms with Crippen molar-refractivity contribution in [1.82, 2.24) is 5.32 Å². The number of alkyl carbamates (subject to hydrolysis) is 1. The Labute approximate surface area is 141 Å². The zero-order chi connectivity index (χ0) is 17.0. The Morgan fingerprint density at radius 1 is 1.17 bits per heavy atom. The number of aliphatic carboxylic acids is 1. The van der Waals surface area contributed by atoms with Gasteiger partial charge >= 0.3 is 12.1 Å². The minimum Gasteiger partial charge on any atom is -0.480 e. The Hall–Kier alpha value is -2.08. The van der Waals surface area contributed by atoms with Gasteiger partial charge in [0, 0.05) is 6.42 Å². The molecule has 24 heavy (non-hydrogen) atoms. The molecule has 6 nitrogen and oxygen atoms in total. The quantitative estimate of drug-likeness (QED) is 0.885. The molecule has 0 spiro atoms. The number of amides is 1. The first-order valence-corrected chi connectivity index (χ1v) is 8.44. The first-order chi connectivity index (χ1) is 11.6. The lowest BCUT2D eigenvalue weighted by molar-refractivity contribution is -0.146. The van der Waals surface area contributed by atoms with Gasteiger partial charge < -0.3 is 19.9 Å². The van der Waals surface area contributed by atoms with E-state index in [1.807, 2.05) is 18.2 Å². The molecule has 2 aliphatic rings. The second kappa shape index (κ2) is 7.21. The maximum atomic E-state index is 12.1. The number of carboxylic acid groups (broad SMARTS) is 1. The molecule has 0 aromatic heterocycles. The van der Waals surface area contributed by atoms with Gasteiger partial charge in [-0.2, -0.15) is 0 Å². The van der Waals surface area contributed by atoms with Crippen LogP contribution < -0.4 is 5.32 Å². The summed E-state index contributed by atoms with van der Waals surface area (Å²) in [5.41, 5.74) is -0.0101. The molecule has 1 amide bonds. The van der Waals surface area contributed by atoms with Crippen molar-refractivity contribution < 1.29 is 24.2 Å². The molecule has 0 radical (unpaired) electrons. The zero-order valence-electron chi connectivity index (χ0n) is 13.6. The molecule has 130 valence electrons. The van der Waals surface area contributed by atoms with Crippen molar-refractivity contribution >= 4 is 12.1 Å². The van der Waals surface area contributed by atoms with E-state index in [4.69, 9.17) is 9.47 Å². The van der Waals surface area contributed by atoms with E-state index >= 15 is 0 Å². The van der Waals surface area contributed by atoms with E-state index in [0.29, 0.717) is 38.4 Å². The number of hydrogen-bond acceptors (Lipinski definition) is 4. The fourth-order valence-corrected chi connectivity index (χ4v) is 3.54. The largest absolute Gasteiger partial charge is 0.480 e. The molecule has 6 heteroatoms. The van der Waals surface area contributed by atoms with E-state index in [2.05, 4.69) is 17.4 Å². The summed E-state index contributed by atoms with van der Waals surface area (Å²) >= 11 is 0. The second-order valence-electron chi connectivity index (χ2n) is 6.59. The van der Waals surface area contributed by atoms with Crippen LogP contribution >= 0.6 is 0 Å². The molecule has 1 atom stereocenters. The van der Waals surface area contributed by atoms with E-state index in [0.717, 1.165) is 12.8 Å². The normalized spacial score (nSPS) is 29.8. The van der Waals surface area contributed by atoms with Crippen LogP contribution in [0.15, 0.2) is 30.3 Å². The lowest BCUT2D eigenvalue weighted by Gasteiger charge is -2.37. The highest BCUT2D eigenvalue weighted by Crippen LogP contribution is 2.38. The van der Waals surface area contributed by atoms with Gasteiger partial charge in [-0.15, -0.1) is 0 Å². The van der Waals surface area contributed by atoms with Gasteiger partial charge in [-0.1, -0.05) is 30.3 Å². The van der Waals surface area contributed by atoms with Gasteiger partial charge in [-0.25, -0.2) is 9.59 Å². The molecule has 1 aliphatic carbocycles. The predicted molar refractivity (Wildman–Crippen MR) is 86.9 cm³/mol.